The van der Waals surface area contributed by atoms with Crippen LogP contribution in [-0.2, 0) is 11.2 Å². The van der Waals surface area contributed by atoms with Crippen molar-refractivity contribution in [3.05, 3.63) is 66.5 Å². The number of nitrogens with zero attached hydrogens (tertiary/aromatic N) is 4. The summed E-state index contributed by atoms with van der Waals surface area (Å²) in [7, 11) is 1.85. The Morgan fingerprint density at radius 3 is 2.81 bits per heavy atom. The van der Waals surface area contributed by atoms with Crippen molar-refractivity contribution in [1.82, 2.24) is 20.0 Å². The van der Waals surface area contributed by atoms with Crippen LogP contribution in [0.25, 0.3) is 27.8 Å². The summed E-state index contributed by atoms with van der Waals surface area (Å²) in [6, 6.07) is 15.8. The quantitative estimate of drug-likeness (QED) is 0.563. The molecule has 0 saturated carbocycles. The molecule has 0 aliphatic heterocycles. The average molecular weight is 343 g/mol. The first-order valence-corrected chi connectivity index (χ1v) is 8.30. The van der Waals surface area contributed by atoms with E-state index in [2.05, 4.69) is 20.6 Å². The van der Waals surface area contributed by atoms with E-state index < -0.39 is 0 Å². The highest BCUT2D eigenvalue weighted by molar-refractivity contribution is 5.77. The molecule has 0 bridgehead atoms. The van der Waals surface area contributed by atoms with Gasteiger partial charge in [-0.25, -0.2) is 4.68 Å². The highest BCUT2D eigenvalue weighted by atomic mass is 16.1. The van der Waals surface area contributed by atoms with Gasteiger partial charge in [-0.15, -0.1) is 5.10 Å². The zero-order chi connectivity index (χ0) is 17.9. The van der Waals surface area contributed by atoms with Crippen LogP contribution in [0.5, 0.6) is 0 Å². The van der Waals surface area contributed by atoms with Gasteiger partial charge in [0.1, 0.15) is 11.8 Å². The lowest BCUT2D eigenvalue weighted by atomic mass is 10.0. The normalized spacial score (nSPS) is 10.8. The van der Waals surface area contributed by atoms with E-state index in [4.69, 9.17) is 0 Å². The molecule has 0 saturated heterocycles. The minimum Gasteiger partial charge on any atom is -0.388 e. The van der Waals surface area contributed by atoms with Crippen LogP contribution in [0.2, 0.25) is 0 Å². The van der Waals surface area contributed by atoms with Crippen LogP contribution in [0.4, 0.5) is 5.69 Å². The van der Waals surface area contributed by atoms with Crippen LogP contribution in [-0.4, -0.2) is 33.3 Å². The lowest BCUT2D eigenvalue weighted by molar-refractivity contribution is -0.107. The molecular formula is C20H17N5O. The monoisotopic (exact) mass is 343 g/mol. The van der Waals surface area contributed by atoms with E-state index in [-0.39, 0.29) is 0 Å². The number of hydrogen-bond acceptors (Lipinski definition) is 5. The van der Waals surface area contributed by atoms with E-state index >= 15 is 0 Å². The summed E-state index contributed by atoms with van der Waals surface area (Å²) >= 11 is 0. The zero-order valence-corrected chi connectivity index (χ0v) is 14.3. The third-order valence-electron chi connectivity index (χ3n) is 4.33. The van der Waals surface area contributed by atoms with Gasteiger partial charge in [0.2, 0.25) is 0 Å². The molecule has 2 aromatic heterocycles. The summed E-state index contributed by atoms with van der Waals surface area (Å²) in [4.78, 5) is 15.3. The summed E-state index contributed by atoms with van der Waals surface area (Å²) in [6.07, 6.45) is 4.85. The number of pyridine rings is 1. The zero-order valence-electron chi connectivity index (χ0n) is 14.3. The SMILES string of the molecule is CNc1ccc(-c2cncc(-n3nnc4ccccc43)c2)cc1CC=O. The Balaban J connectivity index is 1.79. The van der Waals surface area contributed by atoms with Crippen molar-refractivity contribution in [1.29, 1.82) is 0 Å². The molecule has 6 nitrogen and oxygen atoms in total. The second kappa shape index (κ2) is 6.76. The summed E-state index contributed by atoms with van der Waals surface area (Å²) in [6.45, 7) is 0. The Hall–Kier alpha value is -3.54. The molecule has 6 heteroatoms. The van der Waals surface area contributed by atoms with Crippen LogP contribution in [0.3, 0.4) is 0 Å². The van der Waals surface area contributed by atoms with Crippen LogP contribution in [0.1, 0.15) is 5.56 Å². The van der Waals surface area contributed by atoms with Crippen molar-refractivity contribution in [3.8, 4) is 16.8 Å². The maximum absolute atomic E-state index is 11.0. The molecule has 1 N–H and O–H groups in total. The number of para-hydroxylation sites is 1. The second-order valence-electron chi connectivity index (χ2n) is 5.91. The number of rotatable bonds is 5. The number of carbonyl (C=O) groups excluding carboxylic acids is 1. The number of anilines is 1. The fourth-order valence-corrected chi connectivity index (χ4v) is 3.04. The van der Waals surface area contributed by atoms with Crippen molar-refractivity contribution < 1.29 is 4.79 Å². The van der Waals surface area contributed by atoms with Gasteiger partial charge in [0.05, 0.1) is 17.4 Å². The molecule has 4 aromatic rings. The minimum atomic E-state index is 0.366. The number of carbonyl (C=O) groups is 1. The van der Waals surface area contributed by atoms with Crippen molar-refractivity contribution in [2.45, 2.75) is 6.42 Å². The standard InChI is InChI=1S/C20H17N5O/c1-21-18-7-6-14(10-15(18)8-9-26)16-11-17(13-22-12-16)25-20-5-3-2-4-19(20)23-24-25/h2-7,9-13,21H,8H2,1H3. The first kappa shape index (κ1) is 16.0. The van der Waals surface area contributed by atoms with Crippen LogP contribution < -0.4 is 5.32 Å². The molecule has 0 atom stereocenters. The van der Waals surface area contributed by atoms with E-state index in [1.165, 1.54) is 0 Å². The molecule has 0 radical (unpaired) electrons. The predicted octanol–water partition coefficient (Wildman–Crippen LogP) is 3.27. The van der Waals surface area contributed by atoms with Gasteiger partial charge in [0.15, 0.2) is 0 Å². The van der Waals surface area contributed by atoms with Gasteiger partial charge in [0.25, 0.3) is 0 Å². The average Bonchev–Trinajstić information content (AvgIpc) is 3.12. The Morgan fingerprint density at radius 1 is 1.08 bits per heavy atom. The number of aldehydes is 1. The summed E-state index contributed by atoms with van der Waals surface area (Å²) in [5.41, 5.74) is 6.47. The molecule has 0 amide bonds. The predicted molar refractivity (Wildman–Crippen MR) is 101 cm³/mol. The van der Waals surface area contributed by atoms with Crippen molar-refractivity contribution in [2.75, 3.05) is 12.4 Å². The molecule has 0 aliphatic rings. The number of hydrogen-bond donors (Lipinski definition) is 1. The van der Waals surface area contributed by atoms with E-state index in [1.54, 1.807) is 10.9 Å². The molecule has 128 valence electrons. The van der Waals surface area contributed by atoms with Gasteiger partial charge >= 0.3 is 0 Å². The van der Waals surface area contributed by atoms with Crippen LogP contribution in [0.15, 0.2) is 60.9 Å². The summed E-state index contributed by atoms with van der Waals surface area (Å²) < 4.78 is 1.78. The largest absolute Gasteiger partial charge is 0.388 e. The van der Waals surface area contributed by atoms with Gasteiger partial charge in [0, 0.05) is 30.9 Å². The first-order valence-electron chi connectivity index (χ1n) is 8.30. The second-order valence-corrected chi connectivity index (χ2v) is 5.91. The van der Waals surface area contributed by atoms with Crippen LogP contribution in [0, 0.1) is 0 Å². The van der Waals surface area contributed by atoms with Crippen molar-refractivity contribution in [3.63, 3.8) is 0 Å². The number of aromatic nitrogens is 4. The van der Waals surface area contributed by atoms with E-state index in [1.807, 2.05) is 61.8 Å². The molecular weight excluding hydrogens is 326 g/mol. The fraction of sp³-hybridized carbons (Fsp3) is 0.100. The third-order valence-corrected chi connectivity index (χ3v) is 4.33. The van der Waals surface area contributed by atoms with Gasteiger partial charge in [-0.3, -0.25) is 4.98 Å². The number of fused-ring (bicyclic) bond motifs is 1. The van der Waals surface area contributed by atoms with Gasteiger partial charge in [-0.1, -0.05) is 23.4 Å². The summed E-state index contributed by atoms with van der Waals surface area (Å²) in [5, 5.41) is 11.6. The number of nitrogens with one attached hydrogen (secondary N) is 1. The van der Waals surface area contributed by atoms with Crippen LogP contribution >= 0.6 is 0 Å². The first-order chi connectivity index (χ1) is 12.8. The van der Waals surface area contributed by atoms with Gasteiger partial charge in [-0.2, -0.15) is 0 Å². The molecule has 4 rings (SSSR count). The highest BCUT2D eigenvalue weighted by Gasteiger charge is 2.09. The summed E-state index contributed by atoms with van der Waals surface area (Å²) in [5.74, 6) is 0. The molecule has 0 aliphatic carbocycles. The minimum absolute atomic E-state index is 0.366. The van der Waals surface area contributed by atoms with Crippen molar-refractivity contribution >= 4 is 23.0 Å². The number of benzene rings is 2. The maximum Gasteiger partial charge on any atom is 0.124 e. The topological polar surface area (TPSA) is 72.7 Å². The van der Waals surface area contributed by atoms with Gasteiger partial charge in [-0.05, 0) is 41.5 Å². The maximum atomic E-state index is 11.0. The fourth-order valence-electron chi connectivity index (χ4n) is 3.04. The molecule has 0 unspecified atom stereocenters. The Labute approximate surface area is 150 Å². The third kappa shape index (κ3) is 2.82. The highest BCUT2D eigenvalue weighted by Crippen LogP contribution is 2.27. The molecule has 2 aromatic carbocycles. The molecule has 0 fully saturated rings. The van der Waals surface area contributed by atoms with E-state index in [0.29, 0.717) is 6.42 Å². The Morgan fingerprint density at radius 2 is 1.96 bits per heavy atom. The molecule has 26 heavy (non-hydrogen) atoms. The molecule has 0 spiro atoms. The van der Waals surface area contributed by atoms with E-state index in [0.717, 1.165) is 45.4 Å². The van der Waals surface area contributed by atoms with E-state index in [9.17, 15) is 4.79 Å². The smallest absolute Gasteiger partial charge is 0.124 e. The Bertz CT molecular complexity index is 1090. The van der Waals surface area contributed by atoms with Gasteiger partial charge < -0.3 is 10.1 Å². The molecule has 2 heterocycles. The Kier molecular flexibility index (Phi) is 4.15. The van der Waals surface area contributed by atoms with Crippen molar-refractivity contribution in [2.24, 2.45) is 0 Å². The lowest BCUT2D eigenvalue weighted by Gasteiger charge is -2.10. The lowest BCUT2D eigenvalue weighted by Crippen LogP contribution is -1.99.